The number of hydrogen-bond donors (Lipinski definition) is 4. The SMILES string of the molecule is CCOc1ccc(Br)c(C(O)c2c(C)oc3c([C@H]4CCN(C)C[C@H]4O)c(O)cc(O)c3c2=O)c1. The molecule has 3 atom stereocenters. The molecule has 182 valence electrons. The number of rotatable bonds is 5. The third kappa shape index (κ3) is 4.29. The standard InChI is InChI=1S/C25H28BrNO7/c1-4-33-13-5-6-16(26)15(9-13)23(31)20-12(2)34-25-21(14-7-8-27(3)11-19(14)30)17(28)10-18(29)22(25)24(20)32/h5-6,9-10,14,19,23,28-31H,4,7-8,11H2,1-3H3/t14-,19+,23?/m0/s1. The Morgan fingerprint density at radius 1 is 1.26 bits per heavy atom. The number of halogens is 1. The Labute approximate surface area is 205 Å². The van der Waals surface area contributed by atoms with Gasteiger partial charge in [-0.05, 0) is 52.1 Å². The monoisotopic (exact) mass is 533 g/mol. The molecular weight excluding hydrogens is 506 g/mol. The molecule has 2 heterocycles. The van der Waals surface area contributed by atoms with Gasteiger partial charge in [0.05, 0.1) is 18.3 Å². The van der Waals surface area contributed by atoms with Crippen molar-refractivity contribution in [1.82, 2.24) is 4.90 Å². The van der Waals surface area contributed by atoms with Crippen LogP contribution in [0.2, 0.25) is 0 Å². The summed E-state index contributed by atoms with van der Waals surface area (Å²) in [5.74, 6) is -0.500. The smallest absolute Gasteiger partial charge is 0.202 e. The fraction of sp³-hybridized carbons (Fsp3) is 0.400. The van der Waals surface area contributed by atoms with E-state index >= 15 is 0 Å². The van der Waals surface area contributed by atoms with Gasteiger partial charge < -0.3 is 34.5 Å². The Bertz CT molecular complexity index is 1290. The molecule has 0 amide bonds. The van der Waals surface area contributed by atoms with Gasteiger partial charge in [-0.15, -0.1) is 0 Å². The summed E-state index contributed by atoms with van der Waals surface area (Å²) in [4.78, 5) is 15.6. The molecule has 1 aliphatic heterocycles. The maximum absolute atomic E-state index is 13.6. The van der Waals surface area contributed by atoms with Crippen LogP contribution in [-0.2, 0) is 0 Å². The predicted molar refractivity (Wildman–Crippen MR) is 131 cm³/mol. The van der Waals surface area contributed by atoms with Gasteiger partial charge in [-0.2, -0.15) is 0 Å². The molecule has 1 fully saturated rings. The number of hydrogen-bond acceptors (Lipinski definition) is 8. The number of benzene rings is 2. The molecule has 1 aliphatic rings. The highest BCUT2D eigenvalue weighted by Crippen LogP contribution is 2.43. The first-order valence-electron chi connectivity index (χ1n) is 11.1. The normalized spacial score (nSPS) is 19.9. The number of phenolic OH excluding ortho intramolecular Hbond substituents is 2. The van der Waals surface area contributed by atoms with Gasteiger partial charge in [0, 0.05) is 34.1 Å². The van der Waals surface area contributed by atoms with Gasteiger partial charge in [0.2, 0.25) is 5.43 Å². The van der Waals surface area contributed by atoms with E-state index in [-0.39, 0.29) is 33.6 Å². The number of aliphatic hydroxyl groups is 2. The van der Waals surface area contributed by atoms with Gasteiger partial charge in [-0.25, -0.2) is 0 Å². The van der Waals surface area contributed by atoms with E-state index in [0.29, 0.717) is 41.9 Å². The quantitative estimate of drug-likeness (QED) is 0.392. The van der Waals surface area contributed by atoms with Gasteiger partial charge in [-0.1, -0.05) is 15.9 Å². The third-order valence-electron chi connectivity index (χ3n) is 6.39. The zero-order chi connectivity index (χ0) is 24.7. The van der Waals surface area contributed by atoms with E-state index in [0.717, 1.165) is 6.07 Å². The van der Waals surface area contributed by atoms with Crippen molar-refractivity contribution in [1.29, 1.82) is 0 Å². The van der Waals surface area contributed by atoms with Crippen molar-refractivity contribution >= 4 is 26.9 Å². The number of piperidine rings is 1. The fourth-order valence-corrected chi connectivity index (χ4v) is 5.18. The molecule has 34 heavy (non-hydrogen) atoms. The van der Waals surface area contributed by atoms with E-state index in [1.54, 1.807) is 25.1 Å². The van der Waals surface area contributed by atoms with E-state index in [2.05, 4.69) is 15.9 Å². The van der Waals surface area contributed by atoms with Gasteiger partial charge in [0.1, 0.15) is 40.1 Å². The van der Waals surface area contributed by atoms with Crippen molar-refractivity contribution in [3.05, 3.63) is 61.4 Å². The van der Waals surface area contributed by atoms with Crippen LogP contribution in [0.25, 0.3) is 11.0 Å². The van der Waals surface area contributed by atoms with E-state index in [4.69, 9.17) is 9.15 Å². The van der Waals surface area contributed by atoms with Crippen molar-refractivity contribution in [2.24, 2.45) is 0 Å². The Kier molecular flexibility index (Phi) is 6.91. The van der Waals surface area contributed by atoms with Crippen molar-refractivity contribution < 1.29 is 29.6 Å². The summed E-state index contributed by atoms with van der Waals surface area (Å²) in [6.07, 6.45) is -1.61. The Morgan fingerprint density at radius 2 is 2.00 bits per heavy atom. The van der Waals surface area contributed by atoms with Gasteiger partial charge in [0.15, 0.2) is 0 Å². The first-order chi connectivity index (χ1) is 16.1. The summed E-state index contributed by atoms with van der Waals surface area (Å²) in [7, 11) is 1.89. The van der Waals surface area contributed by atoms with Crippen molar-refractivity contribution in [3.8, 4) is 17.2 Å². The minimum absolute atomic E-state index is 0.0201. The largest absolute Gasteiger partial charge is 0.507 e. The topological polar surface area (TPSA) is 124 Å². The number of ether oxygens (including phenoxy) is 1. The second kappa shape index (κ2) is 9.58. The maximum atomic E-state index is 13.6. The predicted octanol–water partition coefficient (Wildman–Crippen LogP) is 3.54. The molecule has 4 N–H and O–H groups in total. The number of likely N-dealkylation sites (tertiary alicyclic amines) is 1. The van der Waals surface area contributed by atoms with E-state index in [1.807, 2.05) is 18.9 Å². The molecule has 4 rings (SSSR count). The van der Waals surface area contributed by atoms with Crippen LogP contribution in [0.3, 0.4) is 0 Å². The molecule has 0 aliphatic carbocycles. The van der Waals surface area contributed by atoms with Gasteiger partial charge >= 0.3 is 0 Å². The van der Waals surface area contributed by atoms with Crippen molar-refractivity contribution in [3.63, 3.8) is 0 Å². The summed E-state index contributed by atoms with van der Waals surface area (Å²) in [6, 6.07) is 6.19. The zero-order valence-electron chi connectivity index (χ0n) is 19.2. The van der Waals surface area contributed by atoms with Crippen molar-refractivity contribution in [2.75, 3.05) is 26.7 Å². The van der Waals surface area contributed by atoms with Crippen LogP contribution in [0.5, 0.6) is 17.2 Å². The molecule has 8 nitrogen and oxygen atoms in total. The van der Waals surface area contributed by atoms with E-state index < -0.39 is 29.3 Å². The number of fused-ring (bicyclic) bond motifs is 1. The Morgan fingerprint density at radius 3 is 2.68 bits per heavy atom. The van der Waals surface area contributed by atoms with Crippen LogP contribution in [0.4, 0.5) is 0 Å². The third-order valence-corrected chi connectivity index (χ3v) is 7.11. The number of likely N-dealkylation sites (N-methyl/N-ethyl adjacent to an activating group) is 1. The first-order valence-corrected chi connectivity index (χ1v) is 11.9. The van der Waals surface area contributed by atoms with E-state index in [9.17, 15) is 25.2 Å². The maximum Gasteiger partial charge on any atom is 0.202 e. The van der Waals surface area contributed by atoms with Gasteiger partial charge in [0.25, 0.3) is 0 Å². The molecule has 0 radical (unpaired) electrons. The molecule has 1 unspecified atom stereocenters. The second-order valence-electron chi connectivity index (χ2n) is 8.68. The number of β-amino-alcohol motifs (C(OH)–C–C–N with tert-alkyl or cyclic N) is 1. The number of phenols is 2. The minimum Gasteiger partial charge on any atom is -0.507 e. The van der Waals surface area contributed by atoms with Gasteiger partial charge in [-0.3, -0.25) is 4.79 Å². The fourth-order valence-electron chi connectivity index (χ4n) is 4.72. The summed E-state index contributed by atoms with van der Waals surface area (Å²) >= 11 is 3.42. The Hall–Kier alpha value is -2.59. The number of aromatic hydroxyl groups is 2. The lowest BCUT2D eigenvalue weighted by Gasteiger charge is -2.34. The zero-order valence-corrected chi connectivity index (χ0v) is 20.8. The molecule has 9 heteroatoms. The minimum atomic E-state index is -1.36. The Balaban J connectivity index is 1.91. The van der Waals surface area contributed by atoms with Crippen LogP contribution in [0.15, 0.2) is 37.9 Å². The van der Waals surface area contributed by atoms with Crippen LogP contribution < -0.4 is 10.2 Å². The summed E-state index contributed by atoms with van der Waals surface area (Å²) in [5.41, 5.74) is 0.0737. The average molecular weight is 534 g/mol. The highest BCUT2D eigenvalue weighted by molar-refractivity contribution is 9.10. The molecule has 1 saturated heterocycles. The molecule has 0 spiro atoms. The van der Waals surface area contributed by atoms with Crippen LogP contribution in [-0.4, -0.2) is 58.2 Å². The summed E-state index contributed by atoms with van der Waals surface area (Å²) < 4.78 is 12.1. The van der Waals surface area contributed by atoms with Crippen molar-refractivity contribution in [2.45, 2.75) is 38.4 Å². The number of aliphatic hydroxyl groups excluding tert-OH is 2. The second-order valence-corrected chi connectivity index (χ2v) is 9.53. The number of nitrogens with zero attached hydrogens (tertiary/aromatic N) is 1. The van der Waals surface area contributed by atoms with Crippen LogP contribution in [0, 0.1) is 6.92 Å². The highest BCUT2D eigenvalue weighted by atomic mass is 79.9. The summed E-state index contributed by atoms with van der Waals surface area (Å²) in [6.45, 7) is 4.93. The number of aryl methyl sites for hydroxylation is 1. The lowest BCUT2D eigenvalue weighted by Crippen LogP contribution is -2.40. The molecule has 0 saturated carbocycles. The molecule has 3 aromatic rings. The molecule has 0 bridgehead atoms. The first kappa shape index (κ1) is 24.5. The molecule has 2 aromatic carbocycles. The average Bonchev–Trinajstić information content (AvgIpc) is 2.76. The summed E-state index contributed by atoms with van der Waals surface area (Å²) in [5, 5.41) is 43.0. The van der Waals surface area contributed by atoms with Crippen LogP contribution >= 0.6 is 15.9 Å². The van der Waals surface area contributed by atoms with Crippen LogP contribution in [0.1, 0.15) is 47.8 Å². The highest BCUT2D eigenvalue weighted by Gasteiger charge is 2.34. The van der Waals surface area contributed by atoms with E-state index in [1.165, 1.54) is 0 Å². The lowest BCUT2D eigenvalue weighted by molar-refractivity contribution is 0.0630. The molecular formula is C25H28BrNO7. The lowest BCUT2D eigenvalue weighted by atomic mass is 9.85. The molecule has 1 aromatic heterocycles.